The Morgan fingerprint density at radius 2 is 1.38 bits per heavy atom. The van der Waals surface area contributed by atoms with Crippen LogP contribution in [0.4, 0.5) is 0 Å². The van der Waals surface area contributed by atoms with Gasteiger partial charge in [-0.25, -0.2) is 0 Å². The molecule has 1 heterocycles. The Balaban J connectivity index is 2.01. The molecule has 1 rings (SSSR count). The van der Waals surface area contributed by atoms with Gasteiger partial charge in [0.25, 0.3) is 0 Å². The lowest BCUT2D eigenvalue weighted by Crippen LogP contribution is -2.45. The highest BCUT2D eigenvalue weighted by Gasteiger charge is 2.36. The Labute approximate surface area is 157 Å². The van der Waals surface area contributed by atoms with Gasteiger partial charge in [0.15, 0.2) is 6.10 Å². The summed E-state index contributed by atoms with van der Waals surface area (Å²) in [5.74, 6) is -0.392. The second kappa shape index (κ2) is 14.4. The molecule has 0 aliphatic carbocycles. The lowest BCUT2D eigenvalue weighted by molar-refractivity contribution is -0.163. The minimum absolute atomic E-state index is 0.0146. The van der Waals surface area contributed by atoms with Crippen LogP contribution in [0.2, 0.25) is 0 Å². The second-order valence-electron chi connectivity index (χ2n) is 7.40. The summed E-state index contributed by atoms with van der Waals surface area (Å²) >= 11 is 0. The van der Waals surface area contributed by atoms with E-state index >= 15 is 0 Å². The lowest BCUT2D eigenvalue weighted by Gasteiger charge is -2.24. The van der Waals surface area contributed by atoms with Crippen molar-refractivity contribution in [1.82, 2.24) is 0 Å². The van der Waals surface area contributed by atoms with E-state index in [0.29, 0.717) is 6.42 Å². The molecule has 0 amide bonds. The Hall–Kier alpha value is -0.690. The van der Waals surface area contributed by atoms with Crippen LogP contribution in [0, 0.1) is 0 Å². The van der Waals surface area contributed by atoms with E-state index in [-0.39, 0.29) is 13.2 Å². The highest BCUT2D eigenvalue weighted by molar-refractivity contribution is 5.69. The summed E-state index contributed by atoms with van der Waals surface area (Å²) in [5.41, 5.74) is 0. The van der Waals surface area contributed by atoms with Crippen molar-refractivity contribution in [3.63, 3.8) is 0 Å². The fraction of sp³-hybridized carbons (Fsp3) is 0.950. The average Bonchev–Trinajstić information content (AvgIpc) is 2.74. The highest BCUT2D eigenvalue weighted by atomic mass is 16.6. The predicted octanol–water partition coefficient (Wildman–Crippen LogP) is 2.71. The Bertz CT molecular complexity index is 362. The zero-order valence-corrected chi connectivity index (χ0v) is 16.3. The monoisotopic (exact) mass is 374 g/mol. The molecule has 0 unspecified atom stereocenters. The molecule has 3 N–H and O–H groups in total. The van der Waals surface area contributed by atoms with E-state index in [0.717, 1.165) is 19.3 Å². The van der Waals surface area contributed by atoms with Gasteiger partial charge in [-0.3, -0.25) is 4.79 Å². The quantitative estimate of drug-likeness (QED) is 0.339. The number of aliphatic hydroxyl groups is 3. The zero-order valence-electron chi connectivity index (χ0n) is 16.3. The SMILES string of the molecule is CCCCCCCCCCCCCC(=O)O[C@@H]1COC[C@@H](O)[C@@H](O)[C@@H]1O. The third kappa shape index (κ3) is 9.86. The van der Waals surface area contributed by atoms with E-state index in [1.54, 1.807) is 0 Å². The van der Waals surface area contributed by atoms with Crippen LogP contribution in [0.3, 0.4) is 0 Å². The van der Waals surface area contributed by atoms with Crippen LogP contribution >= 0.6 is 0 Å². The molecule has 0 aromatic carbocycles. The van der Waals surface area contributed by atoms with Crippen LogP contribution in [0.1, 0.15) is 84.0 Å². The number of hydrogen-bond acceptors (Lipinski definition) is 6. The van der Waals surface area contributed by atoms with Crippen LogP contribution in [0.15, 0.2) is 0 Å². The smallest absolute Gasteiger partial charge is 0.306 e. The normalized spacial score (nSPS) is 26.5. The number of carbonyl (C=O) groups excluding carboxylic acids is 1. The molecule has 6 nitrogen and oxygen atoms in total. The molecular formula is C20H38O6. The van der Waals surface area contributed by atoms with Crippen molar-refractivity contribution < 1.29 is 29.6 Å². The zero-order chi connectivity index (χ0) is 19.2. The minimum atomic E-state index is -1.36. The maximum atomic E-state index is 11.9. The molecule has 154 valence electrons. The molecule has 0 saturated carbocycles. The Kier molecular flexibility index (Phi) is 12.9. The molecule has 1 saturated heterocycles. The van der Waals surface area contributed by atoms with Crippen LogP contribution in [0.25, 0.3) is 0 Å². The number of ether oxygens (including phenoxy) is 2. The molecular weight excluding hydrogens is 336 g/mol. The Morgan fingerprint density at radius 3 is 1.96 bits per heavy atom. The van der Waals surface area contributed by atoms with E-state index < -0.39 is 30.4 Å². The highest BCUT2D eigenvalue weighted by Crippen LogP contribution is 2.16. The van der Waals surface area contributed by atoms with Gasteiger partial charge in [0.1, 0.15) is 18.3 Å². The number of hydrogen-bond donors (Lipinski definition) is 3. The molecule has 6 heteroatoms. The first-order valence-electron chi connectivity index (χ1n) is 10.4. The summed E-state index contributed by atoms with van der Waals surface area (Å²) in [6.45, 7) is 2.14. The first-order chi connectivity index (χ1) is 12.6. The largest absolute Gasteiger partial charge is 0.457 e. The van der Waals surface area contributed by atoms with Gasteiger partial charge in [-0.05, 0) is 6.42 Å². The molecule has 0 aromatic heterocycles. The minimum Gasteiger partial charge on any atom is -0.457 e. The molecule has 0 radical (unpaired) electrons. The fourth-order valence-corrected chi connectivity index (χ4v) is 3.21. The molecule has 0 spiro atoms. The van der Waals surface area contributed by atoms with Gasteiger partial charge < -0.3 is 24.8 Å². The fourth-order valence-electron chi connectivity index (χ4n) is 3.21. The number of aliphatic hydroxyl groups excluding tert-OH is 3. The topological polar surface area (TPSA) is 96.2 Å². The molecule has 26 heavy (non-hydrogen) atoms. The maximum Gasteiger partial charge on any atom is 0.306 e. The van der Waals surface area contributed by atoms with Crippen molar-refractivity contribution in [1.29, 1.82) is 0 Å². The summed E-state index contributed by atoms with van der Waals surface area (Å²) in [6.07, 6.45) is 8.87. The van der Waals surface area contributed by atoms with Crippen LogP contribution < -0.4 is 0 Å². The average molecular weight is 375 g/mol. The van der Waals surface area contributed by atoms with E-state index in [4.69, 9.17) is 9.47 Å². The summed E-state index contributed by atoms with van der Waals surface area (Å²) in [7, 11) is 0. The summed E-state index contributed by atoms with van der Waals surface area (Å²) in [5, 5.41) is 29.2. The molecule has 0 bridgehead atoms. The summed E-state index contributed by atoms with van der Waals surface area (Å²) in [4.78, 5) is 11.9. The lowest BCUT2D eigenvalue weighted by atomic mass is 10.0. The number of esters is 1. The van der Waals surface area contributed by atoms with Gasteiger partial charge in [-0.1, -0.05) is 71.1 Å². The maximum absolute atomic E-state index is 11.9. The molecule has 0 aromatic rings. The van der Waals surface area contributed by atoms with Crippen molar-refractivity contribution in [3.05, 3.63) is 0 Å². The predicted molar refractivity (Wildman–Crippen MR) is 99.8 cm³/mol. The van der Waals surface area contributed by atoms with E-state index in [1.165, 1.54) is 51.4 Å². The summed E-state index contributed by atoms with van der Waals surface area (Å²) < 4.78 is 10.3. The first kappa shape index (κ1) is 23.3. The molecule has 1 fully saturated rings. The van der Waals surface area contributed by atoms with Crippen LogP contribution in [0.5, 0.6) is 0 Å². The first-order valence-corrected chi connectivity index (χ1v) is 10.4. The molecule has 4 atom stereocenters. The third-order valence-corrected chi connectivity index (χ3v) is 4.96. The van der Waals surface area contributed by atoms with Gasteiger partial charge in [0.05, 0.1) is 13.2 Å². The van der Waals surface area contributed by atoms with Crippen LogP contribution in [-0.2, 0) is 14.3 Å². The van der Waals surface area contributed by atoms with Crippen LogP contribution in [-0.4, -0.2) is 58.9 Å². The van der Waals surface area contributed by atoms with Gasteiger partial charge in [0.2, 0.25) is 0 Å². The van der Waals surface area contributed by atoms with Crippen molar-refractivity contribution in [2.24, 2.45) is 0 Å². The summed E-state index contributed by atoms with van der Waals surface area (Å²) in [6, 6.07) is 0. The van der Waals surface area contributed by atoms with Gasteiger partial charge in [0, 0.05) is 6.42 Å². The Morgan fingerprint density at radius 1 is 0.846 bits per heavy atom. The number of rotatable bonds is 13. The van der Waals surface area contributed by atoms with E-state index in [2.05, 4.69) is 6.92 Å². The van der Waals surface area contributed by atoms with Crippen molar-refractivity contribution in [2.75, 3.05) is 13.2 Å². The van der Waals surface area contributed by atoms with Crippen molar-refractivity contribution in [3.8, 4) is 0 Å². The molecule has 1 aliphatic heterocycles. The standard InChI is InChI=1S/C20H38O6/c1-2-3-4-5-6-7-8-9-10-11-12-13-18(22)26-17-15-25-14-16(21)19(23)20(17)24/h16-17,19-21,23-24H,2-15H2,1H3/t16-,17-,19-,20-/m1/s1. The van der Waals surface area contributed by atoms with Gasteiger partial charge in [-0.15, -0.1) is 0 Å². The number of carbonyl (C=O) groups is 1. The molecule has 1 aliphatic rings. The van der Waals surface area contributed by atoms with E-state index in [1.807, 2.05) is 0 Å². The van der Waals surface area contributed by atoms with Gasteiger partial charge in [-0.2, -0.15) is 0 Å². The van der Waals surface area contributed by atoms with Crippen molar-refractivity contribution in [2.45, 2.75) is 108 Å². The van der Waals surface area contributed by atoms with E-state index in [9.17, 15) is 20.1 Å². The van der Waals surface area contributed by atoms with Gasteiger partial charge >= 0.3 is 5.97 Å². The third-order valence-electron chi connectivity index (χ3n) is 4.96. The number of unbranched alkanes of at least 4 members (excludes halogenated alkanes) is 10. The van der Waals surface area contributed by atoms with Crippen molar-refractivity contribution >= 4 is 5.97 Å². The second-order valence-corrected chi connectivity index (χ2v) is 7.40.